The molecule has 0 bridgehead atoms. The zero-order chi connectivity index (χ0) is 12.8. The SMILES string of the molecule is COCCN(C)C(=O)c1ccc(C(C)=O)cc1. The molecule has 1 aromatic carbocycles. The van der Waals surface area contributed by atoms with Crippen LogP contribution in [0.4, 0.5) is 0 Å². The Hall–Kier alpha value is -1.68. The van der Waals surface area contributed by atoms with Gasteiger partial charge in [0.05, 0.1) is 6.61 Å². The fourth-order valence-corrected chi connectivity index (χ4v) is 1.40. The highest BCUT2D eigenvalue weighted by molar-refractivity contribution is 5.97. The summed E-state index contributed by atoms with van der Waals surface area (Å²) in [5, 5.41) is 0. The minimum Gasteiger partial charge on any atom is -0.383 e. The molecule has 0 radical (unpaired) electrons. The van der Waals surface area contributed by atoms with E-state index >= 15 is 0 Å². The van der Waals surface area contributed by atoms with Gasteiger partial charge in [-0.15, -0.1) is 0 Å². The smallest absolute Gasteiger partial charge is 0.253 e. The van der Waals surface area contributed by atoms with Gasteiger partial charge in [-0.1, -0.05) is 12.1 Å². The standard InChI is InChI=1S/C13H17NO3/c1-10(15)11-4-6-12(7-5-11)13(16)14(2)8-9-17-3/h4-7H,8-9H2,1-3H3. The van der Waals surface area contributed by atoms with Gasteiger partial charge < -0.3 is 9.64 Å². The number of nitrogens with zero attached hydrogens (tertiary/aromatic N) is 1. The second kappa shape index (κ2) is 6.15. The fraction of sp³-hybridized carbons (Fsp3) is 0.385. The molecule has 0 aromatic heterocycles. The second-order valence-electron chi connectivity index (χ2n) is 3.85. The Balaban J connectivity index is 2.72. The van der Waals surface area contributed by atoms with E-state index in [1.807, 2.05) is 0 Å². The first-order valence-corrected chi connectivity index (χ1v) is 5.41. The third-order valence-electron chi connectivity index (χ3n) is 2.52. The number of rotatable bonds is 5. The maximum absolute atomic E-state index is 11.9. The van der Waals surface area contributed by atoms with Crippen LogP contribution in [0.1, 0.15) is 27.6 Å². The Morgan fingerprint density at radius 3 is 2.18 bits per heavy atom. The molecule has 4 heteroatoms. The Bertz CT molecular complexity index is 398. The summed E-state index contributed by atoms with van der Waals surface area (Å²) in [5.41, 5.74) is 1.19. The topological polar surface area (TPSA) is 46.6 Å². The molecule has 1 rings (SSSR count). The molecule has 0 spiro atoms. The molecule has 0 unspecified atom stereocenters. The number of ether oxygens (including phenoxy) is 1. The molecule has 0 N–H and O–H groups in total. The lowest BCUT2D eigenvalue weighted by molar-refractivity contribution is 0.0744. The number of amides is 1. The van der Waals surface area contributed by atoms with Gasteiger partial charge in [-0.3, -0.25) is 9.59 Å². The van der Waals surface area contributed by atoms with Gasteiger partial charge in [0, 0.05) is 31.8 Å². The van der Waals surface area contributed by atoms with Crippen molar-refractivity contribution in [3.05, 3.63) is 35.4 Å². The van der Waals surface area contributed by atoms with Crippen LogP contribution < -0.4 is 0 Å². The predicted octanol–water partition coefficient (Wildman–Crippen LogP) is 1.61. The van der Waals surface area contributed by atoms with Crippen LogP contribution in [0.3, 0.4) is 0 Å². The molecule has 0 aliphatic carbocycles. The Morgan fingerprint density at radius 2 is 1.71 bits per heavy atom. The summed E-state index contributed by atoms with van der Waals surface area (Å²) in [6.07, 6.45) is 0. The number of carbonyl (C=O) groups is 2. The molecule has 0 heterocycles. The summed E-state index contributed by atoms with van der Waals surface area (Å²) >= 11 is 0. The third kappa shape index (κ3) is 3.67. The van der Waals surface area contributed by atoms with Crippen LogP contribution in [0.15, 0.2) is 24.3 Å². The fourth-order valence-electron chi connectivity index (χ4n) is 1.40. The van der Waals surface area contributed by atoms with Crippen LogP contribution in [0, 0.1) is 0 Å². The molecule has 17 heavy (non-hydrogen) atoms. The van der Waals surface area contributed by atoms with Crippen LogP contribution in [0.5, 0.6) is 0 Å². The molecular weight excluding hydrogens is 218 g/mol. The number of carbonyl (C=O) groups excluding carboxylic acids is 2. The van der Waals surface area contributed by atoms with E-state index in [2.05, 4.69) is 0 Å². The van der Waals surface area contributed by atoms with Crippen molar-refractivity contribution in [2.45, 2.75) is 6.92 Å². The first-order chi connectivity index (χ1) is 8.06. The van der Waals surface area contributed by atoms with E-state index in [4.69, 9.17) is 4.74 Å². The van der Waals surface area contributed by atoms with Crippen LogP contribution in [0.25, 0.3) is 0 Å². The quantitative estimate of drug-likeness (QED) is 0.728. The van der Waals surface area contributed by atoms with Crippen molar-refractivity contribution in [3.63, 3.8) is 0 Å². The summed E-state index contributed by atoms with van der Waals surface area (Å²) in [7, 11) is 3.32. The maximum atomic E-state index is 11.9. The Morgan fingerprint density at radius 1 is 1.18 bits per heavy atom. The van der Waals surface area contributed by atoms with Crippen molar-refractivity contribution < 1.29 is 14.3 Å². The van der Waals surface area contributed by atoms with Crippen molar-refractivity contribution in [2.24, 2.45) is 0 Å². The number of Topliss-reactive ketones (excluding diaryl/α,β-unsaturated/α-hetero) is 1. The summed E-state index contributed by atoms with van der Waals surface area (Å²) in [4.78, 5) is 24.6. The largest absolute Gasteiger partial charge is 0.383 e. The molecule has 0 aliphatic rings. The number of hydrogen-bond donors (Lipinski definition) is 0. The first kappa shape index (κ1) is 13.4. The van der Waals surface area contributed by atoms with E-state index < -0.39 is 0 Å². The van der Waals surface area contributed by atoms with Gasteiger partial charge in [0.1, 0.15) is 0 Å². The average Bonchev–Trinajstić information content (AvgIpc) is 2.35. The zero-order valence-electron chi connectivity index (χ0n) is 10.4. The number of benzene rings is 1. The molecule has 0 fully saturated rings. The minimum atomic E-state index is -0.0721. The molecule has 92 valence electrons. The minimum absolute atomic E-state index is 0.00302. The average molecular weight is 235 g/mol. The molecule has 0 atom stereocenters. The van der Waals surface area contributed by atoms with Crippen LogP contribution in [0.2, 0.25) is 0 Å². The van der Waals surface area contributed by atoms with E-state index in [0.717, 1.165) is 0 Å². The highest BCUT2D eigenvalue weighted by Gasteiger charge is 2.11. The van der Waals surface area contributed by atoms with E-state index in [9.17, 15) is 9.59 Å². The van der Waals surface area contributed by atoms with E-state index in [0.29, 0.717) is 24.3 Å². The Labute approximate surface area is 101 Å². The third-order valence-corrected chi connectivity index (χ3v) is 2.52. The summed E-state index contributed by atoms with van der Waals surface area (Å²) in [6.45, 7) is 2.55. The zero-order valence-corrected chi connectivity index (χ0v) is 10.4. The van der Waals surface area contributed by atoms with Crippen LogP contribution in [-0.4, -0.2) is 43.9 Å². The van der Waals surface area contributed by atoms with Crippen molar-refractivity contribution in [1.29, 1.82) is 0 Å². The van der Waals surface area contributed by atoms with E-state index in [1.54, 1.807) is 43.3 Å². The maximum Gasteiger partial charge on any atom is 0.253 e. The van der Waals surface area contributed by atoms with Gasteiger partial charge in [0.15, 0.2) is 5.78 Å². The second-order valence-corrected chi connectivity index (χ2v) is 3.85. The molecule has 0 aliphatic heterocycles. The van der Waals surface area contributed by atoms with E-state index in [1.165, 1.54) is 6.92 Å². The number of ketones is 1. The normalized spacial score (nSPS) is 10.1. The lowest BCUT2D eigenvalue weighted by atomic mass is 10.1. The van der Waals surface area contributed by atoms with Crippen molar-refractivity contribution >= 4 is 11.7 Å². The van der Waals surface area contributed by atoms with Crippen molar-refractivity contribution in [1.82, 2.24) is 4.90 Å². The number of methoxy groups -OCH3 is 1. The Kier molecular flexibility index (Phi) is 4.84. The molecule has 0 saturated carbocycles. The lowest BCUT2D eigenvalue weighted by Crippen LogP contribution is -2.29. The lowest BCUT2D eigenvalue weighted by Gasteiger charge is -2.16. The van der Waals surface area contributed by atoms with Gasteiger partial charge in [0.25, 0.3) is 5.91 Å². The number of hydrogen-bond acceptors (Lipinski definition) is 3. The highest BCUT2D eigenvalue weighted by Crippen LogP contribution is 2.07. The molecule has 4 nitrogen and oxygen atoms in total. The van der Waals surface area contributed by atoms with E-state index in [-0.39, 0.29) is 11.7 Å². The molecule has 1 aromatic rings. The highest BCUT2D eigenvalue weighted by atomic mass is 16.5. The summed E-state index contributed by atoms with van der Waals surface area (Å²) in [5.74, 6) is -0.0751. The van der Waals surface area contributed by atoms with Gasteiger partial charge in [-0.2, -0.15) is 0 Å². The summed E-state index contributed by atoms with van der Waals surface area (Å²) < 4.78 is 4.91. The van der Waals surface area contributed by atoms with Gasteiger partial charge in [-0.05, 0) is 19.1 Å². The van der Waals surface area contributed by atoms with Crippen LogP contribution in [-0.2, 0) is 4.74 Å². The molecule has 0 saturated heterocycles. The monoisotopic (exact) mass is 235 g/mol. The first-order valence-electron chi connectivity index (χ1n) is 5.41. The molecule has 1 amide bonds. The van der Waals surface area contributed by atoms with Crippen molar-refractivity contribution in [3.8, 4) is 0 Å². The van der Waals surface area contributed by atoms with Gasteiger partial charge in [0.2, 0.25) is 0 Å². The predicted molar refractivity (Wildman–Crippen MR) is 65.3 cm³/mol. The number of likely N-dealkylation sites (N-methyl/N-ethyl adjacent to an activating group) is 1. The van der Waals surface area contributed by atoms with Gasteiger partial charge >= 0.3 is 0 Å². The summed E-state index contributed by atoms with van der Waals surface area (Å²) in [6, 6.07) is 6.67. The molecular formula is C13H17NO3. The van der Waals surface area contributed by atoms with Crippen molar-refractivity contribution in [2.75, 3.05) is 27.3 Å². The van der Waals surface area contributed by atoms with Gasteiger partial charge in [-0.25, -0.2) is 0 Å². The van der Waals surface area contributed by atoms with Crippen LogP contribution >= 0.6 is 0 Å².